The Kier molecular flexibility index (Phi) is 4.62. The smallest absolute Gasteiger partial charge is 0.395 e. The summed E-state index contributed by atoms with van der Waals surface area (Å²) in [5.41, 5.74) is -2.96. The normalized spacial score (nSPS) is 21.8. The van der Waals surface area contributed by atoms with E-state index in [4.69, 9.17) is 6.85 Å². The van der Waals surface area contributed by atoms with E-state index in [-0.39, 0.29) is 33.8 Å². The number of aliphatic hydroxyl groups is 3. The molecule has 1 saturated carbocycles. The van der Waals surface area contributed by atoms with Gasteiger partial charge in [0.15, 0.2) is 11.5 Å². The number of carbonyl (C=O) groups excluding carboxylic acids is 1. The van der Waals surface area contributed by atoms with E-state index in [2.05, 4.69) is 14.8 Å². The van der Waals surface area contributed by atoms with E-state index in [0.717, 1.165) is 10.6 Å². The quantitative estimate of drug-likeness (QED) is 0.359. The molecule has 2 aliphatic rings. The van der Waals surface area contributed by atoms with Gasteiger partial charge < -0.3 is 34.7 Å². The monoisotopic (exact) mass is 525 g/mol. The number of anilines is 1. The number of hydrogen-bond acceptors (Lipinski definition) is 6. The summed E-state index contributed by atoms with van der Waals surface area (Å²) in [6.07, 6.45) is -6.33. The molecule has 8 nitrogen and oxygen atoms in total. The molecular weight excluding hydrogens is 493 g/mol. The lowest BCUT2D eigenvalue weighted by molar-refractivity contribution is -0.286. The first-order valence-corrected chi connectivity index (χ1v) is 11.3. The predicted octanol–water partition coefficient (Wildman–Crippen LogP) is 3.40. The zero-order chi connectivity index (χ0) is 31.3. The molecule has 0 radical (unpaired) electrons. The molecule has 2 aromatic carbocycles. The van der Waals surface area contributed by atoms with Crippen molar-refractivity contribution in [3.8, 4) is 11.5 Å². The highest BCUT2D eigenvalue weighted by atomic mass is 19.3. The van der Waals surface area contributed by atoms with Crippen molar-refractivity contribution >= 4 is 22.5 Å². The summed E-state index contributed by atoms with van der Waals surface area (Å²) in [5, 5.41) is 33.0. The Morgan fingerprint density at radius 1 is 1.22 bits per heavy atom. The summed E-state index contributed by atoms with van der Waals surface area (Å²) in [5.74, 6) is -2.05. The van der Waals surface area contributed by atoms with Crippen LogP contribution in [-0.4, -0.2) is 51.3 Å². The third-order valence-electron chi connectivity index (χ3n) is 6.73. The molecule has 0 spiro atoms. The molecule has 2 heterocycles. The van der Waals surface area contributed by atoms with Crippen molar-refractivity contribution in [2.75, 3.05) is 18.4 Å². The van der Waals surface area contributed by atoms with Crippen LogP contribution in [0.25, 0.3) is 10.9 Å². The molecule has 0 saturated heterocycles. The van der Waals surface area contributed by atoms with Gasteiger partial charge in [0.05, 0.1) is 49.2 Å². The van der Waals surface area contributed by atoms with Gasteiger partial charge in [0, 0.05) is 22.6 Å². The molecular formula is C26H27F3N2O6. The molecule has 1 amide bonds. The van der Waals surface area contributed by atoms with E-state index in [9.17, 15) is 28.9 Å². The minimum Gasteiger partial charge on any atom is -0.395 e. The molecule has 4 N–H and O–H groups in total. The maximum Gasteiger partial charge on any atom is 0.586 e. The molecule has 1 fully saturated rings. The number of carbonyl (C=O) groups is 1. The van der Waals surface area contributed by atoms with Crippen LogP contribution in [0.1, 0.15) is 44.8 Å². The molecule has 11 heteroatoms. The molecule has 0 bridgehead atoms. The molecule has 5 rings (SSSR count). The van der Waals surface area contributed by atoms with Gasteiger partial charge in [-0.05, 0) is 42.7 Å². The molecule has 0 unspecified atom stereocenters. The number of alkyl halides is 2. The average Bonchev–Trinajstić information content (AvgIpc) is 3.49. The number of rotatable bonds is 8. The number of ether oxygens (including phenoxy) is 2. The Morgan fingerprint density at radius 3 is 2.57 bits per heavy atom. The van der Waals surface area contributed by atoms with Crippen molar-refractivity contribution < 1.29 is 49.6 Å². The maximum absolute atomic E-state index is 15.4. The van der Waals surface area contributed by atoms with E-state index >= 15 is 4.39 Å². The van der Waals surface area contributed by atoms with Gasteiger partial charge in [-0.1, -0.05) is 19.9 Å². The lowest BCUT2D eigenvalue weighted by atomic mass is 9.90. The minimum atomic E-state index is -3.84. The summed E-state index contributed by atoms with van der Waals surface area (Å²) in [7, 11) is 0. The molecule has 198 valence electrons. The predicted molar refractivity (Wildman–Crippen MR) is 127 cm³/mol. The Hall–Kier alpha value is -3.28. The van der Waals surface area contributed by atoms with Crippen LogP contribution in [0, 0.1) is 5.82 Å². The van der Waals surface area contributed by atoms with E-state index in [1.165, 1.54) is 44.2 Å². The van der Waals surface area contributed by atoms with Crippen molar-refractivity contribution in [1.82, 2.24) is 4.57 Å². The van der Waals surface area contributed by atoms with Gasteiger partial charge in [-0.25, -0.2) is 4.39 Å². The zero-order valence-electron chi connectivity index (χ0n) is 24.7. The van der Waals surface area contributed by atoms with Crippen molar-refractivity contribution in [3.05, 3.63) is 53.5 Å². The van der Waals surface area contributed by atoms with E-state index < -0.39 is 54.6 Å². The summed E-state index contributed by atoms with van der Waals surface area (Å²) in [6.45, 7) is -4.69. The Labute approximate surface area is 217 Å². The fourth-order valence-corrected chi connectivity index (χ4v) is 4.57. The average molecular weight is 526 g/mol. The first-order valence-electron chi connectivity index (χ1n) is 13.8. The van der Waals surface area contributed by atoms with Crippen LogP contribution >= 0.6 is 0 Å². The number of fused-ring (bicyclic) bond motifs is 2. The first kappa shape index (κ1) is 19.8. The maximum atomic E-state index is 15.4. The minimum absolute atomic E-state index is 0.0504. The lowest BCUT2D eigenvalue weighted by Crippen LogP contribution is -2.29. The highest BCUT2D eigenvalue weighted by molar-refractivity contribution is 6.02. The van der Waals surface area contributed by atoms with Crippen LogP contribution < -0.4 is 14.8 Å². The van der Waals surface area contributed by atoms with Crippen LogP contribution in [0.15, 0.2) is 36.4 Å². The zero-order valence-corrected chi connectivity index (χ0v) is 19.7. The number of nitrogens with one attached hydrogen (secondary N) is 1. The first-order chi connectivity index (χ1) is 19.1. The van der Waals surface area contributed by atoms with Gasteiger partial charge >= 0.3 is 6.29 Å². The molecule has 37 heavy (non-hydrogen) atoms. The van der Waals surface area contributed by atoms with Crippen LogP contribution in [0.2, 0.25) is 0 Å². The number of benzene rings is 2. The van der Waals surface area contributed by atoms with Crippen LogP contribution in [0.3, 0.4) is 0 Å². The fraction of sp³-hybridized carbons (Fsp3) is 0.423. The highest BCUT2D eigenvalue weighted by Gasteiger charge is 2.53. The summed E-state index contributed by atoms with van der Waals surface area (Å²) in [4.78, 5) is 13.4. The Balaban J connectivity index is 1.52. The van der Waals surface area contributed by atoms with Crippen molar-refractivity contribution in [1.29, 1.82) is 0 Å². The fourth-order valence-electron chi connectivity index (χ4n) is 4.57. The van der Waals surface area contributed by atoms with E-state index in [1.54, 1.807) is 0 Å². The summed E-state index contributed by atoms with van der Waals surface area (Å²) in [6, 6.07) is 7.41. The van der Waals surface area contributed by atoms with Crippen molar-refractivity contribution in [2.24, 2.45) is 0 Å². The molecule has 1 aromatic heterocycles. The number of halogens is 3. The van der Waals surface area contributed by atoms with Gasteiger partial charge in [0.1, 0.15) is 5.82 Å². The SMILES string of the molecule is [2H]C([2H])(O)C(C)(C)c1cc2cc(NC(=O)C3(c4ccc5c(c4)OC(F)(F)O5)CC3)c(F)cc2n1C[C@@]([2H])(O)C([2H])([2H])O. The largest absolute Gasteiger partial charge is 0.586 e. The van der Waals surface area contributed by atoms with Gasteiger partial charge in [-0.2, -0.15) is 0 Å². The second kappa shape index (κ2) is 8.64. The number of amides is 1. The molecule has 1 aliphatic carbocycles. The highest BCUT2D eigenvalue weighted by Crippen LogP contribution is 2.52. The van der Waals surface area contributed by atoms with Gasteiger partial charge in [0.2, 0.25) is 5.91 Å². The van der Waals surface area contributed by atoms with Crippen molar-refractivity contribution in [2.45, 2.75) is 56.4 Å². The number of aromatic nitrogens is 1. The summed E-state index contributed by atoms with van der Waals surface area (Å²) >= 11 is 0. The van der Waals surface area contributed by atoms with Crippen LogP contribution in [-0.2, 0) is 22.2 Å². The lowest BCUT2D eigenvalue weighted by Gasteiger charge is -2.25. The molecule has 1 aliphatic heterocycles. The topological polar surface area (TPSA) is 113 Å². The second-order valence-electron chi connectivity index (χ2n) is 9.67. The van der Waals surface area contributed by atoms with E-state index in [0.29, 0.717) is 18.4 Å². The Bertz CT molecular complexity index is 1600. The number of hydrogen-bond donors (Lipinski definition) is 4. The van der Waals surface area contributed by atoms with Gasteiger partial charge in [-0.3, -0.25) is 4.79 Å². The van der Waals surface area contributed by atoms with Gasteiger partial charge in [0.25, 0.3) is 0 Å². The van der Waals surface area contributed by atoms with E-state index in [1.807, 2.05) is 0 Å². The third kappa shape index (κ3) is 4.41. The summed E-state index contributed by atoms with van der Waals surface area (Å²) < 4.78 is 90.8. The second-order valence-corrected chi connectivity index (χ2v) is 9.67. The standard InChI is InChI=1S/C26H27F3N2O6/c1-24(2,13-33)22-8-14-7-18(17(27)10-19(14)31(22)11-16(34)12-32)30-23(35)25(5-6-25)15-3-4-20-21(9-15)37-26(28,29)36-20/h3-4,7-10,16,32-34H,5-6,11-13H2,1-2H3,(H,30,35)/t16-/m1/s1/i12D2,13D2,16D. The van der Waals surface area contributed by atoms with Gasteiger partial charge in [-0.15, -0.1) is 8.78 Å². The van der Waals surface area contributed by atoms with Crippen LogP contribution in [0.4, 0.5) is 18.9 Å². The third-order valence-corrected chi connectivity index (χ3v) is 6.73. The van der Waals surface area contributed by atoms with Crippen LogP contribution in [0.5, 0.6) is 11.5 Å². The molecule has 1 atom stereocenters. The number of nitrogens with zero attached hydrogens (tertiary/aromatic N) is 1. The van der Waals surface area contributed by atoms with Crippen molar-refractivity contribution in [3.63, 3.8) is 0 Å². The Morgan fingerprint density at radius 2 is 1.92 bits per heavy atom. The molecule has 3 aromatic rings.